The number of methoxy groups -OCH3 is 1. The number of hydrogen-bond donors (Lipinski definition) is 0. The van der Waals surface area contributed by atoms with Gasteiger partial charge in [-0.25, -0.2) is 0 Å². The first-order valence-corrected chi connectivity index (χ1v) is 4.79. The largest absolute Gasteiger partial charge is 0.467 e. The van der Waals surface area contributed by atoms with Gasteiger partial charge in [0.25, 0.3) is 0 Å². The Morgan fingerprint density at radius 2 is 2.25 bits per heavy atom. The zero-order valence-corrected chi connectivity index (χ0v) is 9.11. The molecular weight excluding hydrogens is 212 g/mol. The van der Waals surface area contributed by atoms with E-state index in [0.29, 0.717) is 22.8 Å². The molecule has 1 aromatic rings. The lowest BCUT2D eigenvalue weighted by molar-refractivity contribution is 0.0501. The molecule has 0 unspecified atom stereocenters. The zero-order chi connectivity index (χ0) is 11.5. The topological polar surface area (TPSA) is 54.0 Å². The molecule has 0 saturated heterocycles. The van der Waals surface area contributed by atoms with E-state index in [4.69, 9.17) is 18.9 Å². The SMILES string of the molecule is COCOc1ccc2c(c1C(C)=O)OCO2. The molecule has 0 atom stereocenters. The summed E-state index contributed by atoms with van der Waals surface area (Å²) in [5.74, 6) is 1.32. The molecule has 1 aromatic carbocycles. The summed E-state index contributed by atoms with van der Waals surface area (Å²) < 4.78 is 20.5. The Kier molecular flexibility index (Phi) is 2.96. The summed E-state index contributed by atoms with van der Waals surface area (Å²) in [6.45, 7) is 1.67. The third-order valence-corrected chi connectivity index (χ3v) is 2.19. The molecule has 0 spiro atoms. The standard InChI is InChI=1S/C11H12O5/c1-7(12)10-8(14-5-13-2)3-4-9-11(10)16-6-15-9/h3-4H,5-6H2,1-2H3. The Balaban J connectivity index is 2.41. The third kappa shape index (κ3) is 1.81. The van der Waals surface area contributed by atoms with E-state index < -0.39 is 0 Å². The fourth-order valence-corrected chi connectivity index (χ4v) is 1.53. The fraction of sp³-hybridized carbons (Fsp3) is 0.364. The first kappa shape index (κ1) is 10.8. The molecule has 1 heterocycles. The molecule has 0 bridgehead atoms. The Bertz CT molecular complexity index is 413. The van der Waals surface area contributed by atoms with Crippen molar-refractivity contribution in [3.63, 3.8) is 0 Å². The summed E-state index contributed by atoms with van der Waals surface area (Å²) in [6, 6.07) is 3.38. The Morgan fingerprint density at radius 1 is 1.44 bits per heavy atom. The van der Waals surface area contributed by atoms with Crippen LogP contribution in [0.2, 0.25) is 0 Å². The van der Waals surface area contributed by atoms with Crippen molar-refractivity contribution in [2.24, 2.45) is 0 Å². The van der Waals surface area contributed by atoms with E-state index in [2.05, 4.69) is 0 Å². The van der Waals surface area contributed by atoms with Gasteiger partial charge in [0.2, 0.25) is 6.79 Å². The first-order valence-electron chi connectivity index (χ1n) is 4.79. The quantitative estimate of drug-likeness (QED) is 0.574. The summed E-state index contributed by atoms with van der Waals surface area (Å²) in [4.78, 5) is 11.5. The molecule has 0 aliphatic carbocycles. The smallest absolute Gasteiger partial charge is 0.231 e. The molecule has 0 fully saturated rings. The highest BCUT2D eigenvalue weighted by molar-refractivity contribution is 6.00. The maximum atomic E-state index is 11.5. The Morgan fingerprint density at radius 3 is 2.94 bits per heavy atom. The van der Waals surface area contributed by atoms with Crippen LogP contribution in [0.3, 0.4) is 0 Å². The van der Waals surface area contributed by atoms with Gasteiger partial charge in [0.1, 0.15) is 11.3 Å². The number of Topliss-reactive ketones (excluding diaryl/α,β-unsaturated/α-hetero) is 1. The maximum Gasteiger partial charge on any atom is 0.231 e. The molecule has 2 rings (SSSR count). The summed E-state index contributed by atoms with van der Waals surface area (Å²) in [5, 5.41) is 0. The fourth-order valence-electron chi connectivity index (χ4n) is 1.53. The lowest BCUT2D eigenvalue weighted by Crippen LogP contribution is -2.05. The predicted octanol–water partition coefficient (Wildman–Crippen LogP) is 1.60. The van der Waals surface area contributed by atoms with Crippen LogP contribution in [0.25, 0.3) is 0 Å². The van der Waals surface area contributed by atoms with Gasteiger partial charge in [0.05, 0.1) is 0 Å². The molecule has 0 N–H and O–H groups in total. The number of carbonyl (C=O) groups is 1. The van der Waals surface area contributed by atoms with Gasteiger partial charge in [0.15, 0.2) is 24.1 Å². The molecular formula is C11H12O5. The van der Waals surface area contributed by atoms with Crippen LogP contribution in [0.15, 0.2) is 12.1 Å². The Hall–Kier alpha value is -1.75. The van der Waals surface area contributed by atoms with E-state index in [-0.39, 0.29) is 19.4 Å². The van der Waals surface area contributed by atoms with Crippen molar-refractivity contribution in [3.8, 4) is 17.2 Å². The van der Waals surface area contributed by atoms with Crippen LogP contribution in [0.5, 0.6) is 17.2 Å². The van der Waals surface area contributed by atoms with Crippen LogP contribution in [-0.4, -0.2) is 26.5 Å². The van der Waals surface area contributed by atoms with Gasteiger partial charge in [-0.2, -0.15) is 0 Å². The minimum atomic E-state index is -0.131. The van der Waals surface area contributed by atoms with E-state index in [9.17, 15) is 4.79 Å². The minimum Gasteiger partial charge on any atom is -0.467 e. The third-order valence-electron chi connectivity index (χ3n) is 2.19. The summed E-state index contributed by atoms with van der Waals surface area (Å²) in [7, 11) is 1.51. The van der Waals surface area contributed by atoms with Gasteiger partial charge in [-0.05, 0) is 19.1 Å². The number of benzene rings is 1. The van der Waals surface area contributed by atoms with Crippen molar-refractivity contribution in [2.75, 3.05) is 20.7 Å². The van der Waals surface area contributed by atoms with Crippen LogP contribution in [-0.2, 0) is 4.74 Å². The van der Waals surface area contributed by atoms with Crippen LogP contribution >= 0.6 is 0 Å². The molecule has 1 aliphatic rings. The van der Waals surface area contributed by atoms with Gasteiger partial charge in [-0.3, -0.25) is 4.79 Å². The number of fused-ring (bicyclic) bond motifs is 1. The lowest BCUT2D eigenvalue weighted by Gasteiger charge is -2.10. The normalized spacial score (nSPS) is 12.6. The molecule has 16 heavy (non-hydrogen) atoms. The monoisotopic (exact) mass is 224 g/mol. The second kappa shape index (κ2) is 4.40. The highest BCUT2D eigenvalue weighted by Gasteiger charge is 2.24. The summed E-state index contributed by atoms with van der Waals surface area (Å²) >= 11 is 0. The summed E-state index contributed by atoms with van der Waals surface area (Å²) in [6.07, 6.45) is 0. The molecule has 0 amide bonds. The van der Waals surface area contributed by atoms with E-state index >= 15 is 0 Å². The molecule has 5 nitrogen and oxygen atoms in total. The first-order chi connectivity index (χ1) is 7.74. The second-order valence-electron chi connectivity index (χ2n) is 3.28. The number of ether oxygens (including phenoxy) is 4. The molecule has 86 valence electrons. The van der Waals surface area contributed by atoms with Crippen LogP contribution in [0.1, 0.15) is 17.3 Å². The van der Waals surface area contributed by atoms with Crippen LogP contribution < -0.4 is 14.2 Å². The molecule has 0 aromatic heterocycles. The van der Waals surface area contributed by atoms with Crippen molar-refractivity contribution >= 4 is 5.78 Å². The maximum absolute atomic E-state index is 11.5. The molecule has 1 aliphatic heterocycles. The lowest BCUT2D eigenvalue weighted by atomic mass is 10.1. The molecule has 0 saturated carbocycles. The Labute approximate surface area is 92.9 Å². The number of hydrogen-bond acceptors (Lipinski definition) is 5. The van der Waals surface area contributed by atoms with E-state index in [1.54, 1.807) is 12.1 Å². The van der Waals surface area contributed by atoms with Crippen molar-refractivity contribution in [2.45, 2.75) is 6.92 Å². The highest BCUT2D eigenvalue weighted by Crippen LogP contribution is 2.40. The van der Waals surface area contributed by atoms with Gasteiger partial charge < -0.3 is 18.9 Å². The number of carbonyl (C=O) groups excluding carboxylic acids is 1. The predicted molar refractivity (Wildman–Crippen MR) is 55.1 cm³/mol. The van der Waals surface area contributed by atoms with E-state index in [1.807, 2.05) is 0 Å². The molecule has 0 radical (unpaired) electrons. The van der Waals surface area contributed by atoms with Crippen LogP contribution in [0, 0.1) is 0 Å². The van der Waals surface area contributed by atoms with Gasteiger partial charge in [0, 0.05) is 7.11 Å². The van der Waals surface area contributed by atoms with Gasteiger partial charge in [-0.1, -0.05) is 0 Å². The van der Waals surface area contributed by atoms with Crippen molar-refractivity contribution in [1.29, 1.82) is 0 Å². The van der Waals surface area contributed by atoms with Gasteiger partial charge in [-0.15, -0.1) is 0 Å². The second-order valence-corrected chi connectivity index (χ2v) is 3.28. The van der Waals surface area contributed by atoms with Crippen LogP contribution in [0.4, 0.5) is 0 Å². The summed E-state index contributed by atoms with van der Waals surface area (Å²) in [5.41, 5.74) is 0.395. The highest BCUT2D eigenvalue weighted by atomic mass is 16.7. The average molecular weight is 224 g/mol. The van der Waals surface area contributed by atoms with E-state index in [1.165, 1.54) is 14.0 Å². The number of ketones is 1. The zero-order valence-electron chi connectivity index (χ0n) is 9.11. The van der Waals surface area contributed by atoms with Gasteiger partial charge >= 0.3 is 0 Å². The van der Waals surface area contributed by atoms with Crippen molar-refractivity contribution < 1.29 is 23.7 Å². The van der Waals surface area contributed by atoms with Crippen molar-refractivity contribution in [1.82, 2.24) is 0 Å². The van der Waals surface area contributed by atoms with E-state index in [0.717, 1.165) is 0 Å². The van der Waals surface area contributed by atoms with Crippen molar-refractivity contribution in [3.05, 3.63) is 17.7 Å². The average Bonchev–Trinajstić information content (AvgIpc) is 2.72. The number of rotatable bonds is 4. The minimum absolute atomic E-state index is 0.0833. The molecule has 5 heteroatoms.